The topological polar surface area (TPSA) is 41.5 Å². The Morgan fingerprint density at radius 2 is 2.11 bits per heavy atom. The van der Waals surface area contributed by atoms with Crippen molar-refractivity contribution >= 4 is 0 Å². The van der Waals surface area contributed by atoms with Gasteiger partial charge in [-0.15, -0.1) is 0 Å². The number of ether oxygens (including phenoxy) is 1. The van der Waals surface area contributed by atoms with E-state index < -0.39 is 5.54 Å². The first-order valence-corrected chi connectivity index (χ1v) is 6.83. The Labute approximate surface area is 113 Å². The van der Waals surface area contributed by atoms with Crippen LogP contribution in [0, 0.1) is 11.7 Å². The average Bonchev–Trinajstić information content (AvgIpc) is 3.20. The number of hydrogen-bond acceptors (Lipinski definition) is 3. The molecule has 0 heterocycles. The van der Waals surface area contributed by atoms with Crippen molar-refractivity contribution in [3.05, 3.63) is 30.1 Å². The van der Waals surface area contributed by atoms with E-state index in [4.69, 9.17) is 4.74 Å². The third kappa shape index (κ3) is 3.45. The first kappa shape index (κ1) is 14.3. The maximum Gasteiger partial charge on any atom is 0.165 e. The third-order valence-corrected chi connectivity index (χ3v) is 3.54. The zero-order valence-corrected chi connectivity index (χ0v) is 11.5. The second-order valence-electron chi connectivity index (χ2n) is 5.61. The van der Waals surface area contributed by atoms with Crippen molar-refractivity contribution in [2.75, 3.05) is 13.2 Å². The maximum atomic E-state index is 13.5. The molecule has 0 aliphatic heterocycles. The van der Waals surface area contributed by atoms with Crippen LogP contribution in [0.5, 0.6) is 5.75 Å². The van der Waals surface area contributed by atoms with Crippen LogP contribution in [-0.2, 0) is 0 Å². The van der Waals surface area contributed by atoms with Crippen LogP contribution in [0.1, 0.15) is 26.7 Å². The predicted molar refractivity (Wildman–Crippen MR) is 72.7 cm³/mol. The molecule has 1 aromatic rings. The summed E-state index contributed by atoms with van der Waals surface area (Å²) in [6.07, 6.45) is 2.17. The molecular formula is C15H22FNO2. The minimum absolute atomic E-state index is 0.00427. The summed E-state index contributed by atoms with van der Waals surface area (Å²) in [5.74, 6) is 0.285. The van der Waals surface area contributed by atoms with Crippen molar-refractivity contribution in [2.45, 2.75) is 38.3 Å². The first-order valence-electron chi connectivity index (χ1n) is 6.83. The van der Waals surface area contributed by atoms with Crippen LogP contribution < -0.4 is 10.1 Å². The molecule has 0 bridgehead atoms. The Bertz CT molecular complexity index is 420. The van der Waals surface area contributed by atoms with Crippen molar-refractivity contribution in [3.63, 3.8) is 0 Å². The fraction of sp³-hybridized carbons (Fsp3) is 0.600. The summed E-state index contributed by atoms with van der Waals surface area (Å²) in [5, 5.41) is 13.1. The van der Waals surface area contributed by atoms with Crippen molar-refractivity contribution in [2.24, 2.45) is 5.92 Å². The highest BCUT2D eigenvalue weighted by atomic mass is 19.1. The van der Waals surface area contributed by atoms with Crippen LogP contribution in [0.2, 0.25) is 0 Å². The van der Waals surface area contributed by atoms with E-state index in [1.165, 1.54) is 6.07 Å². The molecule has 0 saturated heterocycles. The van der Waals surface area contributed by atoms with E-state index in [2.05, 4.69) is 5.32 Å². The van der Waals surface area contributed by atoms with Crippen LogP contribution in [0.25, 0.3) is 0 Å². The van der Waals surface area contributed by atoms with E-state index in [1.54, 1.807) is 18.2 Å². The summed E-state index contributed by atoms with van der Waals surface area (Å²) >= 11 is 0. The van der Waals surface area contributed by atoms with Crippen molar-refractivity contribution < 1.29 is 14.2 Å². The smallest absolute Gasteiger partial charge is 0.165 e. The number of rotatable bonds is 7. The molecule has 1 aliphatic carbocycles. The first-order chi connectivity index (χ1) is 9.07. The number of aliphatic hydroxyl groups excluding tert-OH is 1. The second kappa shape index (κ2) is 5.88. The van der Waals surface area contributed by atoms with Gasteiger partial charge in [0.2, 0.25) is 0 Å². The van der Waals surface area contributed by atoms with Crippen molar-refractivity contribution in [1.29, 1.82) is 0 Å². The molecule has 0 spiro atoms. The summed E-state index contributed by atoms with van der Waals surface area (Å²) in [5.41, 5.74) is -0.462. The SMILES string of the molecule is CC(C)NC(CO)(COc1ccccc1F)C1CC1. The zero-order chi connectivity index (χ0) is 13.9. The molecule has 0 aromatic heterocycles. The molecule has 1 unspecified atom stereocenters. The minimum atomic E-state index is -0.462. The number of hydrogen-bond donors (Lipinski definition) is 2. The lowest BCUT2D eigenvalue weighted by Crippen LogP contribution is -2.57. The molecule has 2 N–H and O–H groups in total. The molecule has 3 nitrogen and oxygen atoms in total. The van der Waals surface area contributed by atoms with Gasteiger partial charge in [-0.05, 0) is 30.9 Å². The van der Waals surface area contributed by atoms with Gasteiger partial charge in [0.15, 0.2) is 11.6 Å². The Morgan fingerprint density at radius 3 is 2.63 bits per heavy atom. The van der Waals surface area contributed by atoms with Crippen molar-refractivity contribution in [3.8, 4) is 5.75 Å². The van der Waals surface area contributed by atoms with E-state index in [0.717, 1.165) is 12.8 Å². The van der Waals surface area contributed by atoms with Gasteiger partial charge in [0.1, 0.15) is 6.61 Å². The summed E-state index contributed by atoms with van der Waals surface area (Å²) < 4.78 is 19.1. The quantitative estimate of drug-likeness (QED) is 0.797. The van der Waals surface area contributed by atoms with E-state index in [1.807, 2.05) is 13.8 Å². The highest BCUT2D eigenvalue weighted by Crippen LogP contribution is 2.40. The molecule has 1 atom stereocenters. The summed E-state index contributed by atoms with van der Waals surface area (Å²) in [6, 6.07) is 6.61. The molecule has 1 aromatic carbocycles. The Balaban J connectivity index is 2.06. The van der Waals surface area contributed by atoms with Gasteiger partial charge in [0.25, 0.3) is 0 Å². The molecular weight excluding hydrogens is 245 g/mol. The average molecular weight is 267 g/mol. The predicted octanol–water partition coefficient (Wildman–Crippen LogP) is 2.34. The number of aliphatic hydroxyl groups is 1. The lowest BCUT2D eigenvalue weighted by atomic mass is 9.94. The third-order valence-electron chi connectivity index (χ3n) is 3.54. The summed E-state index contributed by atoms with van der Waals surface area (Å²) in [4.78, 5) is 0. The molecule has 0 amide bonds. The molecule has 1 fully saturated rings. The van der Waals surface area contributed by atoms with Gasteiger partial charge in [0, 0.05) is 6.04 Å². The molecule has 1 saturated carbocycles. The minimum Gasteiger partial charge on any atom is -0.488 e. The lowest BCUT2D eigenvalue weighted by molar-refractivity contribution is 0.0761. The Hall–Kier alpha value is -1.13. The zero-order valence-electron chi connectivity index (χ0n) is 11.5. The van der Waals surface area contributed by atoms with Gasteiger partial charge in [-0.2, -0.15) is 0 Å². The van der Waals surface area contributed by atoms with Gasteiger partial charge < -0.3 is 15.2 Å². The summed E-state index contributed by atoms with van der Waals surface area (Å²) in [6.45, 7) is 4.36. The molecule has 106 valence electrons. The van der Waals surface area contributed by atoms with Crippen LogP contribution >= 0.6 is 0 Å². The molecule has 2 rings (SSSR count). The molecule has 19 heavy (non-hydrogen) atoms. The maximum absolute atomic E-state index is 13.5. The number of para-hydroxylation sites is 1. The Kier molecular flexibility index (Phi) is 4.42. The standard InChI is InChI=1S/C15H22FNO2/c1-11(2)17-15(9-18,12-7-8-12)10-19-14-6-4-3-5-13(14)16/h3-6,11-12,17-18H,7-10H2,1-2H3. The van der Waals surface area contributed by atoms with E-state index >= 15 is 0 Å². The van der Waals surface area contributed by atoms with E-state index in [0.29, 0.717) is 5.92 Å². The van der Waals surface area contributed by atoms with Gasteiger partial charge in [-0.25, -0.2) is 4.39 Å². The molecule has 4 heteroatoms. The van der Waals surface area contributed by atoms with E-state index in [9.17, 15) is 9.50 Å². The van der Waals surface area contributed by atoms with Gasteiger partial charge in [0.05, 0.1) is 12.1 Å². The highest BCUT2D eigenvalue weighted by Gasteiger charge is 2.45. The van der Waals surface area contributed by atoms with Crippen LogP contribution in [-0.4, -0.2) is 29.9 Å². The van der Waals surface area contributed by atoms with Crippen LogP contribution in [0.4, 0.5) is 4.39 Å². The second-order valence-corrected chi connectivity index (χ2v) is 5.61. The normalized spacial score (nSPS) is 18.4. The lowest BCUT2D eigenvalue weighted by Gasteiger charge is -2.35. The monoisotopic (exact) mass is 267 g/mol. The van der Waals surface area contributed by atoms with Crippen LogP contribution in [0.3, 0.4) is 0 Å². The Morgan fingerprint density at radius 1 is 1.42 bits per heavy atom. The largest absolute Gasteiger partial charge is 0.488 e. The van der Waals surface area contributed by atoms with Gasteiger partial charge in [-0.3, -0.25) is 0 Å². The number of nitrogens with one attached hydrogen (secondary N) is 1. The fourth-order valence-electron chi connectivity index (χ4n) is 2.48. The summed E-state index contributed by atoms with van der Waals surface area (Å²) in [7, 11) is 0. The van der Waals surface area contributed by atoms with Crippen LogP contribution in [0.15, 0.2) is 24.3 Å². The fourth-order valence-corrected chi connectivity index (χ4v) is 2.48. The van der Waals surface area contributed by atoms with E-state index in [-0.39, 0.29) is 30.8 Å². The molecule has 0 radical (unpaired) electrons. The van der Waals surface area contributed by atoms with Gasteiger partial charge >= 0.3 is 0 Å². The van der Waals surface area contributed by atoms with Crippen molar-refractivity contribution in [1.82, 2.24) is 5.32 Å². The van der Waals surface area contributed by atoms with Gasteiger partial charge in [-0.1, -0.05) is 26.0 Å². The molecule has 1 aliphatic rings. The number of benzene rings is 1. The number of halogens is 1. The highest BCUT2D eigenvalue weighted by molar-refractivity contribution is 5.24.